The third kappa shape index (κ3) is 4.64. The summed E-state index contributed by atoms with van der Waals surface area (Å²) in [7, 11) is 0. The summed E-state index contributed by atoms with van der Waals surface area (Å²) in [5.74, 6) is -0.152. The minimum Gasteiger partial charge on any atom is -0.481 e. The van der Waals surface area contributed by atoms with Crippen molar-refractivity contribution in [1.82, 2.24) is 9.88 Å². The van der Waals surface area contributed by atoms with Gasteiger partial charge in [-0.15, -0.1) is 0 Å². The summed E-state index contributed by atoms with van der Waals surface area (Å²) in [6, 6.07) is 10.0. The van der Waals surface area contributed by atoms with Crippen LogP contribution in [-0.4, -0.2) is 40.1 Å². The van der Waals surface area contributed by atoms with E-state index in [1.165, 1.54) is 6.20 Å². The molecule has 7 nitrogen and oxygen atoms in total. The highest BCUT2D eigenvalue weighted by Gasteiger charge is 2.26. The van der Waals surface area contributed by atoms with Crippen molar-refractivity contribution >= 4 is 29.3 Å². The van der Waals surface area contributed by atoms with Crippen molar-refractivity contribution < 1.29 is 19.4 Å². The quantitative estimate of drug-likeness (QED) is 0.846. The molecule has 0 unspecified atom stereocenters. The maximum atomic E-state index is 12.3. The molecule has 1 saturated heterocycles. The number of anilines is 1. The number of pyridine rings is 1. The van der Waals surface area contributed by atoms with Gasteiger partial charge in [0.15, 0.2) is 0 Å². The second kappa shape index (κ2) is 8.05. The molecule has 0 saturated carbocycles. The number of rotatable bonds is 4. The molecular weight excluding hydrogens is 358 g/mol. The number of carboxylic acid groups (broad SMARTS) is 1. The van der Waals surface area contributed by atoms with Gasteiger partial charge in [0.05, 0.1) is 10.9 Å². The number of urea groups is 1. The molecule has 2 N–H and O–H groups in total. The highest BCUT2D eigenvalue weighted by Crippen LogP contribution is 2.23. The number of aliphatic carboxylic acids is 1. The van der Waals surface area contributed by atoms with Crippen molar-refractivity contribution in [2.24, 2.45) is 5.92 Å². The number of hydrogen-bond donors (Lipinski definition) is 2. The Kier molecular flexibility index (Phi) is 5.58. The molecule has 1 fully saturated rings. The van der Waals surface area contributed by atoms with Gasteiger partial charge in [-0.2, -0.15) is 0 Å². The smallest absolute Gasteiger partial charge is 0.321 e. The van der Waals surface area contributed by atoms with Gasteiger partial charge in [0.1, 0.15) is 5.75 Å². The topological polar surface area (TPSA) is 91.8 Å². The number of ether oxygens (including phenoxy) is 1. The first-order valence-electron chi connectivity index (χ1n) is 8.19. The SMILES string of the molecule is O=C(O)C1CCN(C(=O)Nc2ccc(Oc3ccc(Cl)cn3)cc2)CC1. The van der Waals surface area contributed by atoms with Gasteiger partial charge in [-0.25, -0.2) is 9.78 Å². The molecule has 2 amide bonds. The van der Waals surface area contributed by atoms with Crippen LogP contribution < -0.4 is 10.1 Å². The molecule has 0 atom stereocenters. The van der Waals surface area contributed by atoms with E-state index in [1.54, 1.807) is 41.3 Å². The van der Waals surface area contributed by atoms with E-state index in [-0.39, 0.29) is 11.9 Å². The first-order chi connectivity index (χ1) is 12.5. The zero-order valence-corrected chi connectivity index (χ0v) is 14.6. The predicted molar refractivity (Wildman–Crippen MR) is 96.7 cm³/mol. The summed E-state index contributed by atoms with van der Waals surface area (Å²) in [6.07, 6.45) is 2.45. The minimum atomic E-state index is -0.796. The molecule has 26 heavy (non-hydrogen) atoms. The lowest BCUT2D eigenvalue weighted by atomic mass is 9.97. The van der Waals surface area contributed by atoms with Gasteiger partial charge in [0.25, 0.3) is 0 Å². The Balaban J connectivity index is 1.53. The fourth-order valence-corrected chi connectivity index (χ4v) is 2.79. The van der Waals surface area contributed by atoms with Crippen molar-refractivity contribution in [1.29, 1.82) is 0 Å². The molecule has 3 rings (SSSR count). The van der Waals surface area contributed by atoms with Crippen LogP contribution >= 0.6 is 11.6 Å². The highest BCUT2D eigenvalue weighted by molar-refractivity contribution is 6.30. The summed E-state index contributed by atoms with van der Waals surface area (Å²) in [6.45, 7) is 0.873. The van der Waals surface area contributed by atoms with Crippen molar-refractivity contribution in [3.8, 4) is 11.6 Å². The largest absolute Gasteiger partial charge is 0.481 e. The van der Waals surface area contributed by atoms with E-state index in [0.29, 0.717) is 48.3 Å². The summed E-state index contributed by atoms with van der Waals surface area (Å²) < 4.78 is 5.60. The minimum absolute atomic E-state index is 0.234. The fourth-order valence-electron chi connectivity index (χ4n) is 2.68. The molecule has 0 spiro atoms. The van der Waals surface area contributed by atoms with Gasteiger partial charge in [-0.1, -0.05) is 11.6 Å². The van der Waals surface area contributed by atoms with Crippen LogP contribution in [0.2, 0.25) is 5.02 Å². The van der Waals surface area contributed by atoms with Crippen molar-refractivity contribution in [2.45, 2.75) is 12.8 Å². The predicted octanol–water partition coefficient (Wildman–Crippen LogP) is 3.86. The van der Waals surface area contributed by atoms with Crippen LogP contribution in [-0.2, 0) is 4.79 Å². The number of benzene rings is 1. The van der Waals surface area contributed by atoms with Crippen LogP contribution in [0.15, 0.2) is 42.6 Å². The maximum absolute atomic E-state index is 12.3. The maximum Gasteiger partial charge on any atom is 0.321 e. The van der Waals surface area contributed by atoms with Gasteiger partial charge in [0, 0.05) is 31.0 Å². The molecule has 1 aromatic carbocycles. The number of carbonyl (C=O) groups is 2. The van der Waals surface area contributed by atoms with Gasteiger partial charge in [0.2, 0.25) is 5.88 Å². The van der Waals surface area contributed by atoms with Gasteiger partial charge in [-0.05, 0) is 43.2 Å². The van der Waals surface area contributed by atoms with E-state index in [0.717, 1.165) is 0 Å². The molecule has 1 aromatic heterocycles. The zero-order valence-electron chi connectivity index (χ0n) is 13.9. The average Bonchev–Trinajstić information content (AvgIpc) is 2.65. The van der Waals surface area contributed by atoms with Crippen LogP contribution in [0.5, 0.6) is 11.6 Å². The summed E-state index contributed by atoms with van der Waals surface area (Å²) in [5, 5.41) is 12.3. The third-order valence-electron chi connectivity index (χ3n) is 4.16. The second-order valence-corrected chi connectivity index (χ2v) is 6.41. The van der Waals surface area contributed by atoms with Crippen LogP contribution in [0, 0.1) is 5.92 Å². The number of aromatic nitrogens is 1. The molecule has 2 heterocycles. The molecule has 1 aliphatic rings. The molecular formula is C18H18ClN3O4. The lowest BCUT2D eigenvalue weighted by Crippen LogP contribution is -2.42. The van der Waals surface area contributed by atoms with Gasteiger partial charge >= 0.3 is 12.0 Å². The van der Waals surface area contributed by atoms with Gasteiger partial charge < -0.3 is 20.1 Å². The van der Waals surface area contributed by atoms with Crippen LogP contribution in [0.3, 0.4) is 0 Å². The standard InChI is InChI=1S/C18H18ClN3O4/c19-13-1-6-16(20-11-13)26-15-4-2-14(3-5-15)21-18(25)22-9-7-12(8-10-22)17(23)24/h1-6,11-12H,7-10H2,(H,21,25)(H,23,24). The molecule has 0 aliphatic carbocycles. The number of halogens is 1. The number of nitrogens with zero attached hydrogens (tertiary/aromatic N) is 2. The van der Waals surface area contributed by atoms with E-state index in [9.17, 15) is 9.59 Å². The average molecular weight is 376 g/mol. The second-order valence-electron chi connectivity index (χ2n) is 5.97. The van der Waals surface area contributed by atoms with E-state index in [2.05, 4.69) is 10.3 Å². The molecule has 0 bridgehead atoms. The van der Waals surface area contributed by atoms with Crippen molar-refractivity contribution in [2.75, 3.05) is 18.4 Å². The van der Waals surface area contributed by atoms with E-state index in [1.807, 2.05) is 0 Å². The van der Waals surface area contributed by atoms with E-state index in [4.69, 9.17) is 21.4 Å². The molecule has 0 radical (unpaired) electrons. The normalized spacial score (nSPS) is 14.7. The van der Waals surface area contributed by atoms with Crippen molar-refractivity contribution in [3.05, 3.63) is 47.6 Å². The summed E-state index contributed by atoms with van der Waals surface area (Å²) >= 11 is 5.78. The summed E-state index contributed by atoms with van der Waals surface area (Å²) in [5.41, 5.74) is 0.631. The van der Waals surface area contributed by atoms with Crippen LogP contribution in [0.1, 0.15) is 12.8 Å². The van der Waals surface area contributed by atoms with Crippen LogP contribution in [0.4, 0.5) is 10.5 Å². The van der Waals surface area contributed by atoms with Crippen LogP contribution in [0.25, 0.3) is 0 Å². The van der Waals surface area contributed by atoms with Crippen molar-refractivity contribution in [3.63, 3.8) is 0 Å². The Labute approximate surface area is 155 Å². The number of nitrogens with one attached hydrogen (secondary N) is 1. The Bertz CT molecular complexity index is 772. The number of carbonyl (C=O) groups excluding carboxylic acids is 1. The Hall–Kier alpha value is -2.80. The first kappa shape index (κ1) is 18.0. The lowest BCUT2D eigenvalue weighted by molar-refractivity contribution is -0.143. The highest BCUT2D eigenvalue weighted by atomic mass is 35.5. The Morgan fingerprint density at radius 2 is 1.85 bits per heavy atom. The Morgan fingerprint density at radius 3 is 2.42 bits per heavy atom. The number of amides is 2. The lowest BCUT2D eigenvalue weighted by Gasteiger charge is -2.30. The molecule has 1 aliphatic heterocycles. The zero-order chi connectivity index (χ0) is 18.5. The monoisotopic (exact) mass is 375 g/mol. The number of piperidine rings is 1. The first-order valence-corrected chi connectivity index (χ1v) is 8.57. The molecule has 2 aromatic rings. The third-order valence-corrected chi connectivity index (χ3v) is 4.38. The number of carboxylic acids is 1. The molecule has 8 heteroatoms. The Morgan fingerprint density at radius 1 is 1.15 bits per heavy atom. The van der Waals surface area contributed by atoms with E-state index >= 15 is 0 Å². The van der Waals surface area contributed by atoms with Gasteiger partial charge in [-0.3, -0.25) is 4.79 Å². The fraction of sp³-hybridized carbons (Fsp3) is 0.278. The molecule has 136 valence electrons. The summed E-state index contributed by atoms with van der Waals surface area (Å²) in [4.78, 5) is 28.9. The number of hydrogen-bond acceptors (Lipinski definition) is 4. The van der Waals surface area contributed by atoms with E-state index < -0.39 is 5.97 Å². The number of likely N-dealkylation sites (tertiary alicyclic amines) is 1.